The number of likely N-dealkylation sites (N-methyl/N-ethyl adjacent to an activating group) is 1. The Bertz CT molecular complexity index is 2770. The van der Waals surface area contributed by atoms with Gasteiger partial charge in [0.1, 0.15) is 36.6 Å². The van der Waals surface area contributed by atoms with Gasteiger partial charge in [0.15, 0.2) is 41.8 Å². The molecule has 0 saturated carbocycles. The van der Waals surface area contributed by atoms with Crippen LogP contribution in [0.15, 0.2) is 35.1 Å². The van der Waals surface area contributed by atoms with E-state index >= 15 is 0 Å². The summed E-state index contributed by atoms with van der Waals surface area (Å²) in [4.78, 5) is 47.7. The van der Waals surface area contributed by atoms with E-state index < -0.39 is 127 Å². The molecule has 20 atom stereocenters. The number of aliphatic hydroxyl groups is 6. The van der Waals surface area contributed by atoms with Crippen LogP contribution in [0.5, 0.6) is 17.2 Å². The fourth-order valence-corrected chi connectivity index (χ4v) is 14.3. The number of methoxy groups -OCH3 is 5. The molecule has 4 fully saturated rings. The lowest BCUT2D eigenvalue weighted by molar-refractivity contribution is -0.336. The molecule has 4 heterocycles. The van der Waals surface area contributed by atoms with Crippen LogP contribution in [0.1, 0.15) is 69.8 Å². The van der Waals surface area contributed by atoms with Crippen molar-refractivity contribution in [2.75, 3.05) is 61.1 Å². The van der Waals surface area contributed by atoms with Gasteiger partial charge in [0.25, 0.3) is 0 Å². The lowest BCUT2D eigenvalue weighted by Crippen LogP contribution is -2.65. The van der Waals surface area contributed by atoms with Gasteiger partial charge in [-0.2, -0.15) is 5.48 Å². The number of thioether (sulfide) groups is 1. The minimum absolute atomic E-state index is 0.0209. The average molecular weight is 1380 g/mol. The molecule has 25 nitrogen and oxygen atoms in total. The Labute approximate surface area is 525 Å². The second-order valence-electron chi connectivity index (χ2n) is 20.9. The van der Waals surface area contributed by atoms with Crippen molar-refractivity contribution in [1.29, 1.82) is 0 Å². The Morgan fingerprint density at radius 2 is 1.62 bits per heavy atom. The number of amides is 1. The van der Waals surface area contributed by atoms with E-state index in [4.69, 9.17) is 61.7 Å². The molecule has 1 amide bonds. The number of alkyl carbamates (subject to hydrolysis) is 1. The maximum atomic E-state index is 14.4. The molecule has 0 spiro atoms. The van der Waals surface area contributed by atoms with Crippen LogP contribution in [-0.2, 0) is 52.3 Å². The lowest BCUT2D eigenvalue weighted by atomic mass is 9.75. The van der Waals surface area contributed by atoms with Crippen LogP contribution in [0.3, 0.4) is 0 Å². The van der Waals surface area contributed by atoms with Crippen molar-refractivity contribution in [2.45, 2.75) is 181 Å². The van der Waals surface area contributed by atoms with Gasteiger partial charge in [0.2, 0.25) is 17.2 Å². The van der Waals surface area contributed by atoms with Crippen molar-refractivity contribution in [1.82, 2.24) is 16.1 Å². The van der Waals surface area contributed by atoms with Crippen LogP contribution in [0.25, 0.3) is 0 Å². The first kappa shape index (κ1) is 70.1. The van der Waals surface area contributed by atoms with Crippen molar-refractivity contribution >= 4 is 72.9 Å². The van der Waals surface area contributed by atoms with Crippen molar-refractivity contribution in [2.24, 2.45) is 0 Å². The van der Waals surface area contributed by atoms with E-state index in [1.807, 2.05) is 36.4 Å². The maximum Gasteiger partial charge on any atom is 0.411 e. The second-order valence-corrected chi connectivity index (χ2v) is 26.0. The number of ether oxygens (including phenoxy) is 12. The topological polar surface area (TPSA) is 329 Å². The molecular weight excluding hydrogens is 1300 g/mol. The number of fused-ring (bicyclic) bond motifs is 2. The van der Waals surface area contributed by atoms with E-state index in [1.165, 1.54) is 55.1 Å². The third-order valence-corrected chi connectivity index (χ3v) is 20.5. The fraction of sp³-hybridized carbons (Fsp3) is 0.667. The molecule has 7 rings (SSSR count). The molecule has 0 unspecified atom stereocenters. The van der Waals surface area contributed by atoms with Crippen LogP contribution in [0.4, 0.5) is 4.79 Å². The Kier molecular flexibility index (Phi) is 26.2. The number of rotatable bonds is 23. The van der Waals surface area contributed by atoms with Crippen LogP contribution in [0.2, 0.25) is 0 Å². The summed E-state index contributed by atoms with van der Waals surface area (Å²) >= 11 is 2.82. The first-order chi connectivity index (χ1) is 41.1. The molecule has 86 heavy (non-hydrogen) atoms. The predicted molar refractivity (Wildman–Crippen MR) is 323 cm³/mol. The Morgan fingerprint density at radius 1 is 0.895 bits per heavy atom. The summed E-state index contributed by atoms with van der Waals surface area (Å²) in [6.07, 6.45) is -14.2. The van der Waals surface area contributed by atoms with Gasteiger partial charge >= 0.3 is 6.09 Å². The number of carbonyl (C=O) groups excluding carboxylic acids is 3. The highest BCUT2D eigenvalue weighted by Crippen LogP contribution is 2.49. The van der Waals surface area contributed by atoms with Gasteiger partial charge in [-0.05, 0) is 74.5 Å². The summed E-state index contributed by atoms with van der Waals surface area (Å²) in [5, 5.41) is 72.3. The van der Waals surface area contributed by atoms with Gasteiger partial charge in [-0.25, -0.2) is 4.79 Å². The Morgan fingerprint density at radius 3 is 2.28 bits per heavy atom. The van der Waals surface area contributed by atoms with Crippen molar-refractivity contribution in [3.63, 3.8) is 0 Å². The molecule has 9 N–H and O–H groups in total. The first-order valence-corrected chi connectivity index (χ1v) is 32.2. The van der Waals surface area contributed by atoms with Gasteiger partial charge in [-0.3, -0.25) is 19.7 Å². The van der Waals surface area contributed by atoms with Gasteiger partial charge in [0.05, 0.1) is 104 Å². The monoisotopic (exact) mass is 1380 g/mol. The molecule has 0 aromatic heterocycles. The summed E-state index contributed by atoms with van der Waals surface area (Å²) in [6.45, 7) is 11.1. The number of carbonyl (C=O) groups is 3. The summed E-state index contributed by atoms with van der Waals surface area (Å²) < 4.78 is 72.5. The third kappa shape index (κ3) is 16.2. The number of hydroxylamine groups is 1. The predicted octanol–water partition coefficient (Wildman–Crippen LogP) is 2.30. The summed E-state index contributed by atoms with van der Waals surface area (Å²) in [6, 6.07) is -1.30. The normalized spacial score (nSPS) is 35.4. The molecule has 0 radical (unpaired) electrons. The average Bonchev–Trinajstić information content (AvgIpc) is 1.02. The van der Waals surface area contributed by atoms with Crippen LogP contribution >= 0.6 is 55.9 Å². The second kappa shape index (κ2) is 32.1. The van der Waals surface area contributed by atoms with Crippen molar-refractivity contribution in [3.05, 3.63) is 49.8 Å². The van der Waals surface area contributed by atoms with E-state index in [2.05, 4.69) is 39.8 Å². The zero-order valence-corrected chi connectivity index (χ0v) is 54.1. The van der Waals surface area contributed by atoms with E-state index in [-0.39, 0.29) is 88.9 Å². The first-order valence-electron chi connectivity index (χ1n) is 27.8. The zero-order chi connectivity index (χ0) is 62.7. The molecule has 478 valence electrons. The molecule has 29 heteroatoms. The summed E-state index contributed by atoms with van der Waals surface area (Å²) in [5.41, 5.74) is 1.10. The highest BCUT2D eigenvalue weighted by atomic mass is 127. The quantitative estimate of drug-likeness (QED) is 0.0250. The Hall–Kier alpha value is -3.33. The minimum Gasteiger partial charge on any atom is -0.492 e. The van der Waals surface area contributed by atoms with Crippen molar-refractivity contribution < 1.29 is 107 Å². The summed E-state index contributed by atoms with van der Waals surface area (Å²) in [5.74, 6) is 11.1. The van der Waals surface area contributed by atoms with E-state index in [1.54, 1.807) is 40.9 Å². The molecule has 2 aliphatic carbocycles. The number of ketones is 1. The van der Waals surface area contributed by atoms with Gasteiger partial charge in [0, 0.05) is 49.2 Å². The van der Waals surface area contributed by atoms with E-state index in [9.17, 15) is 45.0 Å². The molecule has 2 bridgehead atoms. The smallest absolute Gasteiger partial charge is 0.411 e. The number of halogens is 1. The van der Waals surface area contributed by atoms with Crippen LogP contribution < -0.4 is 30.3 Å². The number of benzene rings is 1. The SMILES string of the molecule is CCN[C@H]1CO[C@@H](O[C@H]2[C@H](O[C@H]3C#CC=CC#C[C@]4(O)CC(=O)C(NC(=O)OC)=C3/C4=C\CSS[C@H](C)CO)O[C@H](C)[C@@H](NO[C@H]3C[C@H](O)[C@H](SC(=O)c4c(C)c(I)c(O[C@@H]5O[C@@H](C)[C@H](O)[C@@H](OC)[C@H]5O)c(OC)c4OC)[C@@H](C)O3)[C@@H]2O)C[C@@H]1OC. The van der Waals surface area contributed by atoms with Gasteiger partial charge in [-0.15, -0.1) is 0 Å². The van der Waals surface area contributed by atoms with Gasteiger partial charge < -0.3 is 92.8 Å². The number of aliphatic hydroxyl groups excluding tert-OH is 5. The van der Waals surface area contributed by atoms with E-state index in [0.717, 1.165) is 18.9 Å². The maximum absolute atomic E-state index is 14.4. The van der Waals surface area contributed by atoms with Crippen LogP contribution in [0, 0.1) is 34.2 Å². The zero-order valence-electron chi connectivity index (χ0n) is 49.5. The number of hydrogen-bond donors (Lipinski definition) is 9. The highest BCUT2D eigenvalue weighted by Gasteiger charge is 2.52. The lowest BCUT2D eigenvalue weighted by Gasteiger charge is -2.46. The Balaban J connectivity index is 1.12. The minimum atomic E-state index is -2.11. The largest absolute Gasteiger partial charge is 0.492 e. The third-order valence-electron chi connectivity index (χ3n) is 15.1. The number of nitrogens with one attached hydrogen (secondary N) is 3. The highest BCUT2D eigenvalue weighted by molar-refractivity contribution is 14.1. The number of Topliss-reactive ketones (excluding diaryl/α,β-unsaturated/α-hetero) is 1. The molecule has 1 aromatic carbocycles. The number of hydrogen-bond acceptors (Lipinski definition) is 27. The summed E-state index contributed by atoms with van der Waals surface area (Å²) in [7, 11) is 9.52. The van der Waals surface area contributed by atoms with Crippen LogP contribution in [-0.4, -0.2) is 229 Å². The standard InChI is InChI=1S/C57H78IN3O22S3/c1-12-59-32-25-76-37(22-36(32)71-7)81-50-45(66)42(28(4)78-55(50)80-35-17-15-13-14-16-19-57(70)23-34(64)43(60-56(69)75-11)40(35)31(57)18-20-84-86-26(2)24-62)61-83-38-21-33(63)52(30(6)77-38)85-53(68)39-27(3)41(58)48(51(74-10)47(39)72-8)82-54-46(67)49(73-9)44(65)29(5)79-54/h13-14,18,26,28-30,32-33,35-38,42,44-46,49-50,52,54-55,59,61-63,65-67,70H,12,20-25H2,1-11H3,(H,60,69)/b14-13?,31-18+/t26-,28-,29+,30-,32+,33+,35+,36+,37+,38+,42-,44+,45+,46-,49-,50-,52-,54+,55+,57+/m1/s1. The molecular formula is C57H78IN3O22S3. The molecule has 4 aliphatic heterocycles. The molecule has 4 saturated heterocycles. The molecule has 1 aromatic rings. The van der Waals surface area contributed by atoms with Gasteiger partial charge in [-0.1, -0.05) is 77.0 Å². The number of allylic oxidation sites excluding steroid dienone is 3. The molecule has 6 aliphatic rings. The van der Waals surface area contributed by atoms with Crippen molar-refractivity contribution in [3.8, 4) is 40.9 Å². The van der Waals surface area contributed by atoms with E-state index in [0.29, 0.717) is 15.7 Å². The fourth-order valence-electron chi connectivity index (χ4n) is 10.6.